The highest BCUT2D eigenvalue weighted by Crippen LogP contribution is 2.28. The Hall–Kier alpha value is -1.47. The lowest BCUT2D eigenvalue weighted by Gasteiger charge is -1.97. The van der Waals surface area contributed by atoms with Gasteiger partial charge < -0.3 is 9.84 Å². The van der Waals surface area contributed by atoms with Gasteiger partial charge in [-0.2, -0.15) is 4.98 Å². The predicted molar refractivity (Wildman–Crippen MR) is 78.5 cm³/mol. The Bertz CT molecular complexity index is 709. The molecule has 0 spiro atoms. The van der Waals surface area contributed by atoms with Crippen LogP contribution in [-0.2, 0) is 6.42 Å². The van der Waals surface area contributed by atoms with Crippen LogP contribution in [0.5, 0.6) is 0 Å². The number of anilines is 1. The summed E-state index contributed by atoms with van der Waals surface area (Å²) in [4.78, 5) is 8.67. The summed E-state index contributed by atoms with van der Waals surface area (Å²) in [5.74, 6) is 1.31. The highest BCUT2D eigenvalue weighted by atomic mass is 79.9. The summed E-state index contributed by atoms with van der Waals surface area (Å²) in [5, 5.41) is 7.94. The minimum Gasteiger partial charge on any atom is -0.361 e. The minimum absolute atomic E-state index is 0.647. The van der Waals surface area contributed by atoms with Gasteiger partial charge in [0.05, 0.1) is 10.2 Å². The van der Waals surface area contributed by atoms with Crippen LogP contribution in [0.3, 0.4) is 0 Å². The van der Waals surface area contributed by atoms with Gasteiger partial charge in [0.25, 0.3) is 0 Å². The number of aromatic nitrogens is 3. The Morgan fingerprint density at radius 1 is 1.37 bits per heavy atom. The largest absolute Gasteiger partial charge is 0.361 e. The summed E-state index contributed by atoms with van der Waals surface area (Å²) in [6.07, 6.45) is 0.695. The molecule has 0 fully saturated rings. The lowest BCUT2D eigenvalue weighted by Crippen LogP contribution is -2.04. The van der Waals surface area contributed by atoms with E-state index < -0.39 is 0 Å². The van der Waals surface area contributed by atoms with Gasteiger partial charge in [0.15, 0.2) is 11.0 Å². The molecule has 0 saturated heterocycles. The number of thiazole rings is 1. The Morgan fingerprint density at radius 2 is 2.26 bits per heavy atom. The molecular weight excluding hydrogens is 328 g/mol. The van der Waals surface area contributed by atoms with E-state index in [2.05, 4.69) is 42.4 Å². The summed E-state index contributed by atoms with van der Waals surface area (Å²) in [7, 11) is 0. The molecule has 3 aromatic rings. The number of fused-ring (bicyclic) bond motifs is 1. The zero-order valence-corrected chi connectivity index (χ0v) is 12.6. The third kappa shape index (κ3) is 2.93. The molecule has 0 amide bonds. The molecule has 0 unspecified atom stereocenters. The Kier molecular flexibility index (Phi) is 3.48. The molecule has 0 saturated carbocycles. The fourth-order valence-electron chi connectivity index (χ4n) is 1.69. The summed E-state index contributed by atoms with van der Waals surface area (Å²) in [6, 6.07) is 6.06. The van der Waals surface area contributed by atoms with E-state index >= 15 is 0 Å². The zero-order valence-electron chi connectivity index (χ0n) is 10.2. The van der Waals surface area contributed by atoms with E-state index in [4.69, 9.17) is 4.52 Å². The van der Waals surface area contributed by atoms with Crippen LogP contribution in [0.15, 0.2) is 27.2 Å². The van der Waals surface area contributed by atoms with E-state index in [1.807, 2.05) is 19.1 Å². The predicted octanol–water partition coefficient (Wildman–Crippen LogP) is 3.40. The van der Waals surface area contributed by atoms with Crippen LogP contribution in [0.1, 0.15) is 11.7 Å². The van der Waals surface area contributed by atoms with Gasteiger partial charge >= 0.3 is 0 Å². The standard InChI is InChI=1S/C12H11BrN4OS/c1-7-15-11(18-17-7)4-5-14-12-16-9-3-2-8(13)6-10(9)19-12/h2-3,6H,4-5H2,1H3,(H,14,16). The number of aryl methyl sites for hydroxylation is 1. The number of rotatable bonds is 4. The molecular formula is C12H11BrN4OS. The first-order valence-corrected chi connectivity index (χ1v) is 7.41. The Morgan fingerprint density at radius 3 is 3.05 bits per heavy atom. The van der Waals surface area contributed by atoms with Crippen LogP contribution >= 0.6 is 27.3 Å². The SMILES string of the molecule is Cc1noc(CCNc2nc3ccc(Br)cc3s2)n1. The molecule has 1 aromatic carbocycles. The Labute approximate surface area is 122 Å². The zero-order chi connectivity index (χ0) is 13.2. The molecule has 0 radical (unpaired) electrons. The van der Waals surface area contributed by atoms with Crippen molar-refractivity contribution in [2.75, 3.05) is 11.9 Å². The van der Waals surface area contributed by atoms with Crippen LogP contribution in [0.4, 0.5) is 5.13 Å². The summed E-state index contributed by atoms with van der Waals surface area (Å²) >= 11 is 5.09. The normalized spacial score (nSPS) is 11.1. The van der Waals surface area contributed by atoms with E-state index in [-0.39, 0.29) is 0 Å². The maximum absolute atomic E-state index is 5.05. The molecule has 0 bridgehead atoms. The lowest BCUT2D eigenvalue weighted by atomic mass is 10.3. The van der Waals surface area contributed by atoms with Gasteiger partial charge in [-0.3, -0.25) is 0 Å². The van der Waals surface area contributed by atoms with Crippen molar-refractivity contribution in [2.45, 2.75) is 13.3 Å². The molecule has 0 aliphatic heterocycles. The number of halogens is 1. The smallest absolute Gasteiger partial charge is 0.228 e. The molecule has 1 N–H and O–H groups in total. The maximum Gasteiger partial charge on any atom is 0.228 e. The molecule has 0 aliphatic rings. The second-order valence-electron chi connectivity index (χ2n) is 4.04. The molecule has 3 rings (SSSR count). The van der Waals surface area contributed by atoms with Crippen molar-refractivity contribution in [3.8, 4) is 0 Å². The van der Waals surface area contributed by atoms with Crippen molar-refractivity contribution in [1.29, 1.82) is 0 Å². The molecule has 5 nitrogen and oxygen atoms in total. The first-order valence-electron chi connectivity index (χ1n) is 5.80. The van der Waals surface area contributed by atoms with E-state index in [0.717, 1.165) is 26.4 Å². The van der Waals surface area contributed by atoms with Crippen molar-refractivity contribution in [2.24, 2.45) is 0 Å². The van der Waals surface area contributed by atoms with Gasteiger partial charge in [-0.15, -0.1) is 0 Å². The van der Waals surface area contributed by atoms with Crippen LogP contribution in [0, 0.1) is 6.92 Å². The third-order valence-electron chi connectivity index (χ3n) is 2.54. The summed E-state index contributed by atoms with van der Waals surface area (Å²) < 4.78 is 7.28. The summed E-state index contributed by atoms with van der Waals surface area (Å²) in [6.45, 7) is 2.54. The van der Waals surface area contributed by atoms with Gasteiger partial charge in [0.2, 0.25) is 5.89 Å². The monoisotopic (exact) mass is 338 g/mol. The number of hydrogen-bond acceptors (Lipinski definition) is 6. The fraction of sp³-hybridized carbons (Fsp3) is 0.250. The van der Waals surface area contributed by atoms with E-state index in [9.17, 15) is 0 Å². The first-order chi connectivity index (χ1) is 9.20. The molecule has 7 heteroatoms. The Balaban J connectivity index is 1.65. The molecule has 0 atom stereocenters. The van der Waals surface area contributed by atoms with Crippen LogP contribution in [-0.4, -0.2) is 21.7 Å². The van der Waals surface area contributed by atoms with Crippen LogP contribution < -0.4 is 5.32 Å². The number of hydrogen-bond donors (Lipinski definition) is 1. The van der Waals surface area contributed by atoms with E-state index in [1.54, 1.807) is 11.3 Å². The van der Waals surface area contributed by atoms with Gasteiger partial charge in [-0.05, 0) is 25.1 Å². The minimum atomic E-state index is 0.647. The molecule has 2 aromatic heterocycles. The van der Waals surface area contributed by atoms with E-state index in [0.29, 0.717) is 18.1 Å². The average Bonchev–Trinajstić information content (AvgIpc) is 2.95. The van der Waals surface area contributed by atoms with Crippen molar-refractivity contribution in [1.82, 2.24) is 15.1 Å². The van der Waals surface area contributed by atoms with Gasteiger partial charge in [-0.1, -0.05) is 32.4 Å². The molecule has 2 heterocycles. The first kappa shape index (κ1) is 12.6. The average molecular weight is 339 g/mol. The highest BCUT2D eigenvalue weighted by molar-refractivity contribution is 9.10. The van der Waals surface area contributed by atoms with Crippen molar-refractivity contribution < 1.29 is 4.52 Å². The highest BCUT2D eigenvalue weighted by Gasteiger charge is 2.05. The third-order valence-corrected chi connectivity index (χ3v) is 4.00. The van der Waals surface area contributed by atoms with Crippen molar-refractivity contribution >= 4 is 42.6 Å². The topological polar surface area (TPSA) is 63.8 Å². The lowest BCUT2D eigenvalue weighted by molar-refractivity contribution is 0.377. The number of benzene rings is 1. The molecule has 98 valence electrons. The van der Waals surface area contributed by atoms with Crippen molar-refractivity contribution in [3.05, 3.63) is 34.4 Å². The number of nitrogens with zero attached hydrogens (tertiary/aromatic N) is 3. The second-order valence-corrected chi connectivity index (χ2v) is 5.99. The fourth-order valence-corrected chi connectivity index (χ4v) is 3.14. The summed E-state index contributed by atoms with van der Waals surface area (Å²) in [5.41, 5.74) is 1.00. The molecule has 19 heavy (non-hydrogen) atoms. The van der Waals surface area contributed by atoms with Crippen LogP contribution in [0.25, 0.3) is 10.2 Å². The number of nitrogens with one attached hydrogen (secondary N) is 1. The molecule has 0 aliphatic carbocycles. The van der Waals surface area contributed by atoms with E-state index in [1.165, 1.54) is 0 Å². The van der Waals surface area contributed by atoms with Crippen molar-refractivity contribution in [3.63, 3.8) is 0 Å². The van der Waals surface area contributed by atoms with Crippen LogP contribution in [0.2, 0.25) is 0 Å². The van der Waals surface area contributed by atoms with Gasteiger partial charge in [0.1, 0.15) is 0 Å². The van der Waals surface area contributed by atoms with Gasteiger partial charge in [-0.25, -0.2) is 4.98 Å². The quantitative estimate of drug-likeness (QED) is 0.789. The maximum atomic E-state index is 5.05. The second kappa shape index (κ2) is 5.26. The van der Waals surface area contributed by atoms with Gasteiger partial charge in [0, 0.05) is 17.4 Å².